The van der Waals surface area contributed by atoms with Gasteiger partial charge in [-0.2, -0.15) is 0 Å². The van der Waals surface area contributed by atoms with E-state index in [9.17, 15) is 14.0 Å². The van der Waals surface area contributed by atoms with Gasteiger partial charge in [0, 0.05) is 22.2 Å². The van der Waals surface area contributed by atoms with Gasteiger partial charge >= 0.3 is 6.03 Å². The lowest BCUT2D eigenvalue weighted by Crippen LogP contribution is -2.21. The summed E-state index contributed by atoms with van der Waals surface area (Å²) >= 11 is 7.21. The van der Waals surface area contributed by atoms with E-state index in [1.165, 1.54) is 47.7 Å². The maximum absolute atomic E-state index is 13.9. The van der Waals surface area contributed by atoms with Gasteiger partial charge in [0.25, 0.3) is 0 Å². The molecule has 2 aromatic carbocycles. The zero-order chi connectivity index (χ0) is 17.8. The fraction of sp³-hybridized carbons (Fsp3) is 0. The number of halogens is 2. The number of ketones is 1. The van der Waals surface area contributed by atoms with Crippen LogP contribution >= 0.6 is 22.9 Å². The minimum absolute atomic E-state index is 0.0896. The van der Waals surface area contributed by atoms with Gasteiger partial charge in [0.2, 0.25) is 0 Å². The van der Waals surface area contributed by atoms with Crippen molar-refractivity contribution in [3.8, 4) is 0 Å². The van der Waals surface area contributed by atoms with Crippen LogP contribution in [0.4, 0.5) is 20.0 Å². The summed E-state index contributed by atoms with van der Waals surface area (Å²) in [5, 5.41) is 7.53. The third-order valence-electron chi connectivity index (χ3n) is 3.25. The molecule has 5 nitrogen and oxygen atoms in total. The summed E-state index contributed by atoms with van der Waals surface area (Å²) < 4.78 is 13.9. The van der Waals surface area contributed by atoms with Crippen LogP contribution in [0.2, 0.25) is 5.02 Å². The van der Waals surface area contributed by atoms with E-state index in [2.05, 4.69) is 15.6 Å². The fourth-order valence-electron chi connectivity index (χ4n) is 2.14. The van der Waals surface area contributed by atoms with E-state index in [0.29, 0.717) is 10.2 Å². The molecule has 126 valence electrons. The van der Waals surface area contributed by atoms with Crippen LogP contribution in [0.25, 0.3) is 0 Å². The number of aromatic nitrogens is 1. The molecule has 3 aromatic rings. The highest BCUT2D eigenvalue weighted by molar-refractivity contribution is 7.13. The Bertz CT molecular complexity index is 931. The maximum Gasteiger partial charge on any atom is 0.325 e. The molecule has 8 heteroatoms. The number of amides is 2. The Balaban J connectivity index is 1.89. The van der Waals surface area contributed by atoms with Crippen LogP contribution < -0.4 is 10.6 Å². The third kappa shape index (κ3) is 4.01. The van der Waals surface area contributed by atoms with Crippen molar-refractivity contribution in [1.82, 2.24) is 4.98 Å². The number of anilines is 2. The average molecular weight is 376 g/mol. The first kappa shape index (κ1) is 17.1. The fourth-order valence-corrected chi connectivity index (χ4v) is 2.84. The molecule has 0 spiro atoms. The molecular formula is C17H11ClFN3O2S. The van der Waals surface area contributed by atoms with E-state index in [4.69, 9.17) is 11.6 Å². The molecule has 0 aliphatic heterocycles. The van der Waals surface area contributed by atoms with Crippen LogP contribution in [-0.2, 0) is 0 Å². The summed E-state index contributed by atoms with van der Waals surface area (Å²) in [7, 11) is 0. The minimum Gasteiger partial charge on any atom is -0.307 e. The summed E-state index contributed by atoms with van der Waals surface area (Å²) in [5.74, 6) is -1.19. The van der Waals surface area contributed by atoms with Crippen molar-refractivity contribution in [2.75, 3.05) is 10.6 Å². The average Bonchev–Trinajstić information content (AvgIpc) is 3.07. The zero-order valence-electron chi connectivity index (χ0n) is 12.6. The van der Waals surface area contributed by atoms with Crippen molar-refractivity contribution in [1.29, 1.82) is 0 Å². The molecule has 0 radical (unpaired) electrons. The molecule has 0 saturated carbocycles. The quantitative estimate of drug-likeness (QED) is 0.643. The van der Waals surface area contributed by atoms with Crippen molar-refractivity contribution >= 4 is 45.6 Å². The number of urea groups is 1. The Morgan fingerprint density at radius 2 is 1.88 bits per heavy atom. The molecule has 2 amide bonds. The first-order valence-electron chi connectivity index (χ1n) is 7.11. The van der Waals surface area contributed by atoms with Crippen molar-refractivity contribution < 1.29 is 14.0 Å². The molecule has 3 rings (SSSR count). The van der Waals surface area contributed by atoms with Crippen molar-refractivity contribution in [2.45, 2.75) is 0 Å². The molecule has 0 bridgehead atoms. The van der Waals surface area contributed by atoms with Crippen LogP contribution in [-0.4, -0.2) is 16.8 Å². The number of carbonyl (C=O) groups is 2. The predicted octanol–water partition coefficient (Wildman–Crippen LogP) is 4.81. The van der Waals surface area contributed by atoms with Gasteiger partial charge < -0.3 is 5.32 Å². The number of nitrogens with one attached hydrogen (secondary N) is 2. The van der Waals surface area contributed by atoms with E-state index in [0.717, 1.165) is 0 Å². The molecule has 0 atom stereocenters. The van der Waals surface area contributed by atoms with Crippen LogP contribution in [0.15, 0.2) is 54.0 Å². The molecule has 25 heavy (non-hydrogen) atoms. The molecule has 0 saturated heterocycles. The van der Waals surface area contributed by atoms with Crippen LogP contribution in [0.5, 0.6) is 0 Å². The number of carbonyl (C=O) groups excluding carboxylic acids is 2. The Morgan fingerprint density at radius 1 is 1.08 bits per heavy atom. The molecule has 0 aliphatic carbocycles. The summed E-state index contributed by atoms with van der Waals surface area (Å²) in [6.45, 7) is 0. The number of hydrogen-bond acceptors (Lipinski definition) is 4. The van der Waals surface area contributed by atoms with Crippen LogP contribution in [0.1, 0.15) is 15.9 Å². The van der Waals surface area contributed by atoms with Crippen LogP contribution in [0.3, 0.4) is 0 Å². The standard InChI is InChI=1S/C17H11ClFN3O2S/c18-10-5-6-12(15(23)11-3-1-2-4-13(11)19)14(9-10)21-16(24)22-17-20-7-8-25-17/h1-9H,(H2,20,21,22,24). The Labute approximate surface area is 151 Å². The Morgan fingerprint density at radius 3 is 2.60 bits per heavy atom. The predicted molar refractivity (Wildman–Crippen MR) is 96.0 cm³/mol. The summed E-state index contributed by atoms with van der Waals surface area (Å²) in [5.41, 5.74) is 0.215. The molecular weight excluding hydrogens is 365 g/mol. The first-order valence-corrected chi connectivity index (χ1v) is 8.36. The smallest absolute Gasteiger partial charge is 0.307 e. The molecule has 0 unspecified atom stereocenters. The van der Waals surface area contributed by atoms with Crippen molar-refractivity contribution in [3.05, 3.63) is 76.0 Å². The highest BCUT2D eigenvalue weighted by atomic mass is 35.5. The molecule has 1 heterocycles. The van der Waals surface area contributed by atoms with E-state index in [1.807, 2.05) is 0 Å². The van der Waals surface area contributed by atoms with E-state index < -0.39 is 17.6 Å². The minimum atomic E-state index is -0.638. The highest BCUT2D eigenvalue weighted by Crippen LogP contribution is 2.25. The van der Waals surface area contributed by atoms with Gasteiger partial charge in [0.15, 0.2) is 10.9 Å². The lowest BCUT2D eigenvalue weighted by atomic mass is 10.0. The van der Waals surface area contributed by atoms with Gasteiger partial charge in [-0.15, -0.1) is 11.3 Å². The highest BCUT2D eigenvalue weighted by Gasteiger charge is 2.18. The van der Waals surface area contributed by atoms with Gasteiger partial charge in [-0.05, 0) is 30.3 Å². The second-order valence-electron chi connectivity index (χ2n) is 4.92. The van der Waals surface area contributed by atoms with Gasteiger partial charge in [-0.3, -0.25) is 10.1 Å². The topological polar surface area (TPSA) is 71.1 Å². The molecule has 0 fully saturated rings. The van der Waals surface area contributed by atoms with Crippen molar-refractivity contribution in [3.63, 3.8) is 0 Å². The number of hydrogen-bond donors (Lipinski definition) is 2. The van der Waals surface area contributed by atoms with Gasteiger partial charge in [-0.1, -0.05) is 23.7 Å². The van der Waals surface area contributed by atoms with Gasteiger partial charge in [-0.25, -0.2) is 14.2 Å². The molecule has 1 aromatic heterocycles. The second kappa shape index (κ2) is 7.42. The van der Waals surface area contributed by atoms with E-state index in [-0.39, 0.29) is 16.8 Å². The number of thiazole rings is 1. The Kier molecular flexibility index (Phi) is 5.06. The Hall–Kier alpha value is -2.77. The number of benzene rings is 2. The third-order valence-corrected chi connectivity index (χ3v) is 4.17. The van der Waals surface area contributed by atoms with Crippen LogP contribution in [0, 0.1) is 5.82 Å². The summed E-state index contributed by atoms with van der Waals surface area (Å²) in [4.78, 5) is 28.7. The lowest BCUT2D eigenvalue weighted by molar-refractivity contribution is 0.103. The van der Waals surface area contributed by atoms with Gasteiger partial charge in [0.05, 0.1) is 11.3 Å². The first-order chi connectivity index (χ1) is 12.0. The monoisotopic (exact) mass is 375 g/mol. The van der Waals surface area contributed by atoms with Crippen molar-refractivity contribution in [2.24, 2.45) is 0 Å². The SMILES string of the molecule is O=C(Nc1nccs1)Nc1cc(Cl)ccc1C(=O)c1ccccc1F. The van der Waals surface area contributed by atoms with Gasteiger partial charge in [0.1, 0.15) is 5.82 Å². The summed E-state index contributed by atoms with van der Waals surface area (Å²) in [6.07, 6.45) is 1.55. The second-order valence-corrected chi connectivity index (χ2v) is 6.25. The molecule has 2 N–H and O–H groups in total. The van der Waals surface area contributed by atoms with E-state index >= 15 is 0 Å². The zero-order valence-corrected chi connectivity index (χ0v) is 14.2. The molecule has 0 aliphatic rings. The van der Waals surface area contributed by atoms with E-state index in [1.54, 1.807) is 17.6 Å². The largest absolute Gasteiger partial charge is 0.325 e. The number of rotatable bonds is 4. The summed E-state index contributed by atoms with van der Waals surface area (Å²) in [6, 6.07) is 9.42. The number of nitrogens with zero attached hydrogens (tertiary/aromatic N) is 1. The maximum atomic E-state index is 13.9. The lowest BCUT2D eigenvalue weighted by Gasteiger charge is -2.11. The normalized spacial score (nSPS) is 10.3.